The number of H-pyrrole nitrogens is 1. The van der Waals surface area contributed by atoms with E-state index in [2.05, 4.69) is 32.1 Å². The van der Waals surface area contributed by atoms with Crippen molar-refractivity contribution in [3.8, 4) is 0 Å². The van der Waals surface area contributed by atoms with Crippen molar-refractivity contribution in [1.29, 1.82) is 0 Å². The van der Waals surface area contributed by atoms with Gasteiger partial charge in [0, 0.05) is 24.1 Å². The van der Waals surface area contributed by atoms with E-state index >= 15 is 0 Å². The summed E-state index contributed by atoms with van der Waals surface area (Å²) < 4.78 is 22.2. The minimum absolute atomic E-state index is 0.154. The molecule has 0 spiro atoms. The smallest absolute Gasteiger partial charge is 0.328 e. The van der Waals surface area contributed by atoms with Crippen molar-refractivity contribution < 1.29 is 19.0 Å². The molecule has 2 aliphatic rings. The van der Waals surface area contributed by atoms with Gasteiger partial charge in [-0.2, -0.15) is 0 Å². The van der Waals surface area contributed by atoms with E-state index in [0.717, 1.165) is 24.0 Å². The average Bonchev–Trinajstić information content (AvgIpc) is 3.74. The molecule has 0 amide bonds. The minimum atomic E-state index is -1.21. The Balaban J connectivity index is 0.000000186. The van der Waals surface area contributed by atoms with Crippen LogP contribution in [0, 0.1) is 19.8 Å². The molecule has 6 rings (SSSR count). The van der Waals surface area contributed by atoms with Crippen LogP contribution in [0.3, 0.4) is 0 Å². The predicted molar refractivity (Wildman–Crippen MR) is 162 cm³/mol. The number of carbonyl (C=O) groups excluding carboxylic acids is 1. The SMILES string of the molecule is CCc1c(C(=O)c2cc(C)cc(C)c2)n(CC2CC=CC2)c(=O)[nH]c1=O.Nc1ncnc2c1ncn2[C@@H]1O[C@H](CO)C[C@@H]1F. The first-order valence-electron chi connectivity index (χ1n) is 14.6. The van der Waals surface area contributed by atoms with Gasteiger partial charge in [0.25, 0.3) is 5.56 Å². The topological polar surface area (TPSA) is 171 Å². The number of imidazole rings is 1. The third-order valence-electron chi connectivity index (χ3n) is 7.89. The molecule has 1 saturated heterocycles. The van der Waals surface area contributed by atoms with Gasteiger partial charge in [-0.05, 0) is 51.2 Å². The summed E-state index contributed by atoms with van der Waals surface area (Å²) in [5.41, 5.74) is 8.60. The zero-order valence-corrected chi connectivity index (χ0v) is 24.9. The highest BCUT2D eigenvalue weighted by Gasteiger charge is 2.37. The number of fused-ring (bicyclic) bond motifs is 1. The third kappa shape index (κ3) is 6.24. The second-order valence-corrected chi connectivity index (χ2v) is 11.2. The molecule has 3 atom stereocenters. The summed E-state index contributed by atoms with van der Waals surface area (Å²) >= 11 is 0. The quantitative estimate of drug-likeness (QED) is 0.212. The summed E-state index contributed by atoms with van der Waals surface area (Å²) in [6, 6.07) is 5.61. The summed E-state index contributed by atoms with van der Waals surface area (Å²) in [6.07, 6.45) is 6.66. The summed E-state index contributed by atoms with van der Waals surface area (Å²) in [7, 11) is 0. The molecule has 0 bridgehead atoms. The van der Waals surface area contributed by atoms with Crippen LogP contribution in [0.25, 0.3) is 11.2 Å². The molecule has 232 valence electrons. The van der Waals surface area contributed by atoms with Crippen molar-refractivity contribution in [2.24, 2.45) is 5.92 Å². The number of nitrogens with zero attached hydrogens (tertiary/aromatic N) is 5. The van der Waals surface area contributed by atoms with Crippen LogP contribution < -0.4 is 17.0 Å². The van der Waals surface area contributed by atoms with Crippen LogP contribution in [-0.2, 0) is 17.7 Å². The number of aromatic nitrogens is 6. The molecule has 1 aliphatic heterocycles. The molecule has 13 heteroatoms. The molecular weight excluding hydrogens is 569 g/mol. The molecule has 1 fully saturated rings. The monoisotopic (exact) mass is 605 g/mol. The summed E-state index contributed by atoms with van der Waals surface area (Å²) in [6.45, 7) is 5.91. The molecule has 1 aromatic carbocycles. The number of nitrogens with one attached hydrogen (secondary N) is 1. The fourth-order valence-electron chi connectivity index (χ4n) is 5.82. The Bertz CT molecular complexity index is 1800. The van der Waals surface area contributed by atoms with E-state index in [1.54, 1.807) is 0 Å². The van der Waals surface area contributed by atoms with Gasteiger partial charge in [-0.15, -0.1) is 0 Å². The zero-order chi connectivity index (χ0) is 31.5. The maximum absolute atomic E-state index is 13.9. The van der Waals surface area contributed by atoms with Crippen molar-refractivity contribution in [2.45, 2.75) is 71.5 Å². The Hall–Kier alpha value is -4.49. The van der Waals surface area contributed by atoms with Gasteiger partial charge in [-0.25, -0.2) is 24.1 Å². The van der Waals surface area contributed by atoms with Crippen LogP contribution in [0.15, 0.2) is 52.6 Å². The largest absolute Gasteiger partial charge is 0.394 e. The van der Waals surface area contributed by atoms with Gasteiger partial charge in [-0.1, -0.05) is 36.3 Å². The van der Waals surface area contributed by atoms with Crippen molar-refractivity contribution in [3.05, 3.63) is 91.8 Å². The maximum atomic E-state index is 13.9. The number of halogens is 1. The number of ether oxygens (including phenoxy) is 1. The lowest BCUT2D eigenvalue weighted by Gasteiger charge is -2.18. The molecule has 0 saturated carbocycles. The lowest BCUT2D eigenvalue weighted by molar-refractivity contribution is -0.0351. The highest BCUT2D eigenvalue weighted by atomic mass is 19.1. The number of carbonyl (C=O) groups is 1. The zero-order valence-electron chi connectivity index (χ0n) is 24.9. The molecule has 3 aromatic heterocycles. The average molecular weight is 606 g/mol. The first kappa shape index (κ1) is 31.0. The number of hydrogen-bond acceptors (Lipinski definition) is 9. The summed E-state index contributed by atoms with van der Waals surface area (Å²) in [4.78, 5) is 52.4. The minimum Gasteiger partial charge on any atom is -0.394 e. The summed E-state index contributed by atoms with van der Waals surface area (Å²) in [5, 5.41) is 8.99. The lowest BCUT2D eigenvalue weighted by Crippen LogP contribution is -2.38. The number of rotatable bonds is 7. The van der Waals surface area contributed by atoms with Crippen LogP contribution in [0.1, 0.15) is 65.2 Å². The maximum Gasteiger partial charge on any atom is 0.328 e. The number of anilines is 1. The number of alkyl halides is 1. The number of hydrogen-bond donors (Lipinski definition) is 3. The van der Waals surface area contributed by atoms with Crippen LogP contribution in [0.2, 0.25) is 0 Å². The molecule has 0 unspecified atom stereocenters. The fraction of sp³-hybridized carbons (Fsp3) is 0.419. The van der Waals surface area contributed by atoms with Gasteiger partial charge in [0.05, 0.1) is 19.0 Å². The molecule has 12 nitrogen and oxygen atoms in total. The summed E-state index contributed by atoms with van der Waals surface area (Å²) in [5.74, 6) is 0.253. The van der Waals surface area contributed by atoms with Gasteiger partial charge >= 0.3 is 5.69 Å². The Morgan fingerprint density at radius 1 is 1.14 bits per heavy atom. The highest BCUT2D eigenvalue weighted by Crippen LogP contribution is 2.33. The normalized spacial score (nSPS) is 19.8. The molecule has 1 aliphatic carbocycles. The number of nitrogen functional groups attached to an aromatic ring is 1. The van der Waals surface area contributed by atoms with E-state index in [1.807, 2.05) is 39.0 Å². The second kappa shape index (κ2) is 13.0. The van der Waals surface area contributed by atoms with Gasteiger partial charge in [0.15, 0.2) is 17.7 Å². The number of benzene rings is 1. The van der Waals surface area contributed by atoms with Crippen molar-refractivity contribution in [1.82, 2.24) is 29.1 Å². The highest BCUT2D eigenvalue weighted by molar-refractivity contribution is 6.09. The number of aromatic amines is 1. The van der Waals surface area contributed by atoms with E-state index < -0.39 is 29.8 Å². The van der Waals surface area contributed by atoms with E-state index in [0.29, 0.717) is 35.3 Å². The first-order valence-corrected chi connectivity index (χ1v) is 14.6. The molecular formula is C31H36FN7O5. The van der Waals surface area contributed by atoms with Gasteiger partial charge in [0.1, 0.15) is 23.7 Å². The van der Waals surface area contributed by atoms with E-state index in [9.17, 15) is 18.8 Å². The number of aliphatic hydroxyl groups excluding tert-OH is 1. The Kier molecular flexibility index (Phi) is 9.16. The number of ketones is 1. The van der Waals surface area contributed by atoms with Crippen LogP contribution >= 0.6 is 0 Å². The van der Waals surface area contributed by atoms with Gasteiger partial charge < -0.3 is 15.6 Å². The van der Waals surface area contributed by atoms with Crippen molar-refractivity contribution >= 4 is 22.8 Å². The first-order chi connectivity index (χ1) is 21.1. The lowest BCUT2D eigenvalue weighted by atomic mass is 9.98. The second-order valence-electron chi connectivity index (χ2n) is 11.2. The number of aryl methyl sites for hydroxylation is 2. The van der Waals surface area contributed by atoms with Crippen LogP contribution in [0.5, 0.6) is 0 Å². The molecule has 0 radical (unpaired) electrons. The number of allylic oxidation sites excluding steroid dienone is 2. The van der Waals surface area contributed by atoms with Gasteiger partial charge in [-0.3, -0.25) is 23.7 Å². The standard InChI is InChI=1S/C21H24N2O3.C10H12FN5O2/c1-4-17-18(19(24)16-10-13(2)9-14(3)11-16)23(21(26)22-20(17)25)12-15-7-5-6-8-15;11-6-1-5(2-17)18-10(6)16-4-15-7-8(12)13-3-14-9(7)16/h5-6,9-11,15H,4,7-8,12H2,1-3H3,(H,22,25,26);3-6,10,17H,1-2H2,(H2,12,13,14)/t;5-,6-,10+/m.0/s1. The van der Waals surface area contributed by atoms with Crippen molar-refractivity contribution in [2.75, 3.05) is 12.3 Å². The van der Waals surface area contributed by atoms with Gasteiger partial charge in [0.2, 0.25) is 5.78 Å². The van der Waals surface area contributed by atoms with Crippen LogP contribution in [0.4, 0.5) is 10.2 Å². The molecule has 44 heavy (non-hydrogen) atoms. The Labute approximate surface area is 252 Å². The van der Waals surface area contributed by atoms with Crippen molar-refractivity contribution in [3.63, 3.8) is 0 Å². The number of nitrogens with two attached hydrogens (primary N) is 1. The number of aliphatic hydroxyl groups is 1. The third-order valence-corrected chi connectivity index (χ3v) is 7.89. The van der Waals surface area contributed by atoms with E-state index in [1.165, 1.54) is 21.8 Å². The molecule has 4 heterocycles. The van der Waals surface area contributed by atoms with E-state index in [4.69, 9.17) is 15.6 Å². The Morgan fingerprint density at radius 2 is 1.84 bits per heavy atom. The predicted octanol–water partition coefficient (Wildman–Crippen LogP) is 2.94. The molecule has 4 aromatic rings. The fourth-order valence-corrected chi connectivity index (χ4v) is 5.82. The van der Waals surface area contributed by atoms with E-state index in [-0.39, 0.29) is 36.2 Å². The Morgan fingerprint density at radius 3 is 2.48 bits per heavy atom. The molecule has 4 N–H and O–H groups in total. The van der Waals surface area contributed by atoms with Crippen LogP contribution in [-0.4, -0.2) is 58.8 Å².